The first-order chi connectivity index (χ1) is 17.6. The molecule has 0 aliphatic heterocycles. The quantitative estimate of drug-likeness (QED) is 0.120. The highest BCUT2D eigenvalue weighted by atomic mass is 32.2. The average Bonchev–Trinajstić information content (AvgIpc) is 2.69. The molecule has 1 amide bonds. The molecule has 41 heavy (non-hydrogen) atoms. The van der Waals surface area contributed by atoms with E-state index in [4.69, 9.17) is 4.55 Å². The number of halogens is 17. The van der Waals surface area contributed by atoms with Gasteiger partial charge in [-0.1, -0.05) is 0 Å². The molecule has 0 rings (SSSR count). The molecule has 246 valence electrons. The maximum absolute atomic E-state index is 13.8. The fraction of sp³-hybridized carbons (Fsp3) is 0.941. The maximum Gasteiger partial charge on any atom is 0.460 e. The number of alkyl halides is 17. The van der Waals surface area contributed by atoms with Gasteiger partial charge in [-0.3, -0.25) is 9.35 Å². The van der Waals surface area contributed by atoms with Gasteiger partial charge in [-0.05, 0) is 19.6 Å². The third-order valence-corrected chi connectivity index (χ3v) is 6.91. The Hall–Kier alpha value is -1.46. The van der Waals surface area contributed by atoms with Crippen molar-refractivity contribution in [2.45, 2.75) is 79.9 Å². The van der Waals surface area contributed by atoms with Crippen molar-refractivity contribution in [2.75, 3.05) is 17.3 Å². The summed E-state index contributed by atoms with van der Waals surface area (Å²) in [5.41, 5.74) is -1.61. The zero-order valence-corrected chi connectivity index (χ0v) is 21.6. The van der Waals surface area contributed by atoms with Crippen LogP contribution in [-0.4, -0.2) is 89.3 Å². The zero-order valence-electron chi connectivity index (χ0n) is 19.9. The lowest BCUT2D eigenvalue weighted by Gasteiger charge is -2.42. The van der Waals surface area contributed by atoms with Gasteiger partial charge in [-0.2, -0.15) is 94.8 Å². The van der Waals surface area contributed by atoms with Gasteiger partial charge >= 0.3 is 47.6 Å². The van der Waals surface area contributed by atoms with Gasteiger partial charge in [0.25, 0.3) is 10.1 Å². The fourth-order valence-electron chi connectivity index (χ4n) is 2.75. The molecule has 0 spiro atoms. The van der Waals surface area contributed by atoms with E-state index < -0.39 is 99.3 Å². The topological polar surface area (TPSA) is 83.5 Å². The second-order valence-electron chi connectivity index (χ2n) is 8.92. The van der Waals surface area contributed by atoms with Crippen LogP contribution in [0.4, 0.5) is 74.6 Å². The predicted molar refractivity (Wildman–Crippen MR) is 106 cm³/mol. The highest BCUT2D eigenvalue weighted by molar-refractivity contribution is 7.99. The lowest BCUT2D eigenvalue weighted by molar-refractivity contribution is -0.461. The molecule has 2 N–H and O–H groups in total. The molecule has 0 aliphatic rings. The Kier molecular flexibility index (Phi) is 11.1. The van der Waals surface area contributed by atoms with Gasteiger partial charge in [-0.25, -0.2) is 0 Å². The van der Waals surface area contributed by atoms with Gasteiger partial charge in [-0.15, -0.1) is 0 Å². The largest absolute Gasteiger partial charge is 0.460 e. The Labute approximate surface area is 223 Å². The van der Waals surface area contributed by atoms with Gasteiger partial charge in [0.05, 0.1) is 11.3 Å². The van der Waals surface area contributed by atoms with Crippen LogP contribution in [0.1, 0.15) is 26.7 Å². The highest BCUT2D eigenvalue weighted by Crippen LogP contribution is 2.64. The molecule has 0 aromatic rings. The van der Waals surface area contributed by atoms with Crippen molar-refractivity contribution in [3.63, 3.8) is 0 Å². The second kappa shape index (κ2) is 11.6. The number of carbonyl (C=O) groups excluding carboxylic acids is 1. The maximum atomic E-state index is 13.8. The van der Waals surface area contributed by atoms with E-state index in [2.05, 4.69) is 0 Å². The van der Waals surface area contributed by atoms with Crippen LogP contribution in [0.25, 0.3) is 0 Å². The minimum atomic E-state index is -8.69. The van der Waals surface area contributed by atoms with Crippen LogP contribution in [-0.2, 0) is 14.9 Å². The molecule has 24 heteroatoms. The van der Waals surface area contributed by atoms with Gasteiger partial charge in [0.15, 0.2) is 0 Å². The fourth-order valence-corrected chi connectivity index (χ4v) is 4.67. The molecule has 0 unspecified atom stereocenters. The van der Waals surface area contributed by atoms with E-state index in [0.29, 0.717) is 0 Å². The number of amides is 1. The summed E-state index contributed by atoms with van der Waals surface area (Å²) in [4.78, 5) is 11.7. The van der Waals surface area contributed by atoms with E-state index in [1.165, 1.54) is 0 Å². The summed E-state index contributed by atoms with van der Waals surface area (Å²) >= 11 is 0.0312. The van der Waals surface area contributed by atoms with E-state index >= 15 is 0 Å². The lowest BCUT2D eigenvalue weighted by atomic mass is 9.88. The Morgan fingerprint density at radius 2 is 1.02 bits per heavy atom. The number of rotatable bonds is 15. The van der Waals surface area contributed by atoms with Crippen LogP contribution in [0.15, 0.2) is 0 Å². The molecule has 0 atom stereocenters. The molecule has 0 aliphatic carbocycles. The van der Waals surface area contributed by atoms with Gasteiger partial charge in [0.1, 0.15) is 0 Å². The number of nitrogens with one attached hydrogen (secondary N) is 1. The smallest absolute Gasteiger partial charge is 0.350 e. The third-order valence-electron chi connectivity index (χ3n) is 4.84. The van der Waals surface area contributed by atoms with Crippen LogP contribution >= 0.6 is 11.8 Å². The normalized spacial score (nSPS) is 15.7. The molecule has 0 saturated heterocycles. The Morgan fingerprint density at radius 3 is 1.39 bits per heavy atom. The van der Waals surface area contributed by atoms with E-state index in [0.717, 1.165) is 13.8 Å². The minimum Gasteiger partial charge on any atom is -0.350 e. The Bertz CT molecular complexity index is 1040. The first kappa shape index (κ1) is 39.5. The SMILES string of the molecule is CC(C)(CS(=O)(=O)O)NC(=O)CCSCCC(F)(F)C(F)(F)C(F)(F)C(F)(F)C(F)(F)C(F)(F)C(F)(F)C(F)(F)F. The molecule has 0 bridgehead atoms. The number of thioether (sulfide) groups is 1. The summed E-state index contributed by atoms with van der Waals surface area (Å²) < 4.78 is 255. The van der Waals surface area contributed by atoms with Crippen molar-refractivity contribution in [3.05, 3.63) is 0 Å². The van der Waals surface area contributed by atoms with E-state index in [1.54, 1.807) is 0 Å². The number of hydrogen-bond acceptors (Lipinski definition) is 4. The van der Waals surface area contributed by atoms with Crippen molar-refractivity contribution >= 4 is 27.8 Å². The predicted octanol–water partition coefficient (Wildman–Crippen LogP) is 6.29. The standard InChI is InChI=1S/C17H18F17NO4S2/c1-9(2,7-41(37,38)39)35-8(36)3-5-40-6-4-10(18,19)11(20,21)12(22,23)13(24,25)14(26,27)15(28,29)16(30,31)17(32,33)34/h3-7H2,1-2H3,(H,35,36)(H,37,38,39). The molecule has 0 aromatic heterocycles. The van der Waals surface area contributed by atoms with Crippen LogP contribution in [0.3, 0.4) is 0 Å². The summed E-state index contributed by atoms with van der Waals surface area (Å²) in [6.07, 6.45) is -11.2. The second-order valence-corrected chi connectivity index (χ2v) is 11.6. The van der Waals surface area contributed by atoms with E-state index in [9.17, 15) is 87.8 Å². The Morgan fingerprint density at radius 1 is 0.659 bits per heavy atom. The van der Waals surface area contributed by atoms with E-state index in [-0.39, 0.29) is 11.8 Å². The molecule has 0 heterocycles. The highest BCUT2D eigenvalue weighted by Gasteiger charge is 2.95. The molecule has 0 radical (unpaired) electrons. The summed E-state index contributed by atoms with van der Waals surface area (Å²) in [5, 5.41) is 2.03. The van der Waals surface area contributed by atoms with Crippen molar-refractivity contribution in [3.8, 4) is 0 Å². The van der Waals surface area contributed by atoms with Gasteiger partial charge in [0.2, 0.25) is 5.91 Å². The summed E-state index contributed by atoms with van der Waals surface area (Å²) in [5.74, 6) is -60.9. The summed E-state index contributed by atoms with van der Waals surface area (Å²) in [7, 11) is -4.61. The van der Waals surface area contributed by atoms with Crippen LogP contribution in [0, 0.1) is 0 Å². The summed E-state index contributed by atoms with van der Waals surface area (Å²) in [6.45, 7) is 2.18. The van der Waals surface area contributed by atoms with E-state index in [1.807, 2.05) is 5.32 Å². The van der Waals surface area contributed by atoms with Crippen LogP contribution in [0.2, 0.25) is 0 Å². The van der Waals surface area contributed by atoms with Gasteiger partial charge < -0.3 is 5.32 Å². The summed E-state index contributed by atoms with van der Waals surface area (Å²) in [6, 6.07) is 0. The number of carbonyl (C=O) groups is 1. The van der Waals surface area contributed by atoms with Crippen molar-refractivity contribution in [2.24, 2.45) is 0 Å². The first-order valence-electron chi connectivity index (χ1n) is 10.1. The lowest BCUT2D eigenvalue weighted by Crippen LogP contribution is -2.74. The first-order valence-corrected chi connectivity index (χ1v) is 12.9. The Balaban J connectivity index is 5.70. The average molecular weight is 687 g/mol. The minimum absolute atomic E-state index is 0.0312. The van der Waals surface area contributed by atoms with Gasteiger partial charge in [0, 0.05) is 18.6 Å². The van der Waals surface area contributed by atoms with Crippen LogP contribution in [0.5, 0.6) is 0 Å². The molecule has 5 nitrogen and oxygen atoms in total. The molecule has 0 fully saturated rings. The zero-order chi connectivity index (χ0) is 33.5. The monoisotopic (exact) mass is 687 g/mol. The van der Waals surface area contributed by atoms with Crippen LogP contribution < -0.4 is 5.32 Å². The number of hydrogen-bond donors (Lipinski definition) is 2. The molecular formula is C17H18F17NO4S2. The van der Waals surface area contributed by atoms with Crippen molar-refractivity contribution in [1.82, 2.24) is 5.32 Å². The molecule has 0 aromatic carbocycles. The van der Waals surface area contributed by atoms with Crippen molar-refractivity contribution in [1.29, 1.82) is 0 Å². The molecular weight excluding hydrogens is 669 g/mol. The third kappa shape index (κ3) is 7.74. The molecule has 0 saturated carbocycles. The van der Waals surface area contributed by atoms with Crippen molar-refractivity contribution < 1.29 is 92.4 Å².